The van der Waals surface area contributed by atoms with Gasteiger partial charge in [-0.15, -0.1) is 4.73 Å². The highest BCUT2D eigenvalue weighted by Crippen LogP contribution is 2.20. The first-order valence-corrected chi connectivity index (χ1v) is 6.84. The van der Waals surface area contributed by atoms with Gasteiger partial charge in [-0.3, -0.25) is 0 Å². The summed E-state index contributed by atoms with van der Waals surface area (Å²) in [7, 11) is 0. The summed E-state index contributed by atoms with van der Waals surface area (Å²) in [5, 5.41) is 0. The van der Waals surface area contributed by atoms with Crippen molar-refractivity contribution in [3.63, 3.8) is 0 Å². The van der Waals surface area contributed by atoms with E-state index in [0.717, 1.165) is 5.56 Å². The van der Waals surface area contributed by atoms with Gasteiger partial charge in [-0.25, -0.2) is 14.8 Å². The summed E-state index contributed by atoms with van der Waals surface area (Å²) >= 11 is 0. The molecule has 7 heteroatoms. The number of ether oxygens (including phenoxy) is 1. The Morgan fingerprint density at radius 3 is 2.77 bits per heavy atom. The van der Waals surface area contributed by atoms with Crippen LogP contribution in [-0.2, 0) is 11.4 Å². The van der Waals surface area contributed by atoms with Gasteiger partial charge in [0, 0.05) is 6.42 Å². The number of nitrogens with zero attached hydrogens (tertiary/aromatic N) is 4. The quantitative estimate of drug-likeness (QED) is 0.714. The molecule has 0 N–H and O–H groups in total. The van der Waals surface area contributed by atoms with Gasteiger partial charge in [0.1, 0.15) is 19.3 Å². The van der Waals surface area contributed by atoms with Crippen LogP contribution in [0.15, 0.2) is 43.0 Å². The molecule has 3 rings (SSSR count). The predicted octanol–water partition coefficient (Wildman–Crippen LogP) is 1.77. The second kappa shape index (κ2) is 6.21. The summed E-state index contributed by atoms with van der Waals surface area (Å²) in [6, 6.07) is 9.73. The number of aromatic nitrogens is 4. The van der Waals surface area contributed by atoms with Crippen molar-refractivity contribution in [1.82, 2.24) is 19.7 Å². The number of imidazole rings is 1. The summed E-state index contributed by atoms with van der Waals surface area (Å²) in [6.45, 7) is 2.08. The standard InChI is InChI=1S/C15H14N4O3/c1-2-12(20)22-19-10-18-13-14(19)16-9-17-15(13)21-8-11-6-4-3-5-7-11/h3-7,9-10H,2,8H2,1H3. The predicted molar refractivity (Wildman–Crippen MR) is 78.0 cm³/mol. The van der Waals surface area contributed by atoms with Crippen LogP contribution >= 0.6 is 0 Å². The average Bonchev–Trinajstić information content (AvgIpc) is 2.97. The summed E-state index contributed by atoms with van der Waals surface area (Å²) < 4.78 is 6.90. The van der Waals surface area contributed by atoms with Crippen LogP contribution < -0.4 is 9.57 Å². The molecule has 7 nitrogen and oxygen atoms in total. The lowest BCUT2D eigenvalue weighted by Crippen LogP contribution is -2.18. The van der Waals surface area contributed by atoms with Crippen molar-refractivity contribution in [3.8, 4) is 5.88 Å². The van der Waals surface area contributed by atoms with Crippen molar-refractivity contribution in [2.45, 2.75) is 20.0 Å². The third kappa shape index (κ3) is 2.88. The van der Waals surface area contributed by atoms with Gasteiger partial charge in [-0.2, -0.15) is 4.98 Å². The molecule has 0 saturated carbocycles. The lowest BCUT2D eigenvalue weighted by molar-refractivity contribution is -0.143. The molecule has 3 aromatic rings. The van der Waals surface area contributed by atoms with Gasteiger partial charge in [0.15, 0.2) is 5.52 Å². The Morgan fingerprint density at radius 1 is 1.18 bits per heavy atom. The molecule has 0 amide bonds. The summed E-state index contributed by atoms with van der Waals surface area (Å²) in [5.41, 5.74) is 1.85. The number of hydrogen-bond acceptors (Lipinski definition) is 6. The average molecular weight is 298 g/mol. The third-order valence-electron chi connectivity index (χ3n) is 2.98. The van der Waals surface area contributed by atoms with E-state index in [-0.39, 0.29) is 12.4 Å². The maximum absolute atomic E-state index is 11.4. The van der Waals surface area contributed by atoms with E-state index in [9.17, 15) is 4.79 Å². The molecule has 0 unspecified atom stereocenters. The minimum atomic E-state index is -0.371. The molecule has 0 bridgehead atoms. The zero-order valence-electron chi connectivity index (χ0n) is 12.0. The molecular formula is C15H14N4O3. The Morgan fingerprint density at radius 2 is 2.00 bits per heavy atom. The second-order valence-corrected chi connectivity index (χ2v) is 4.51. The molecule has 0 aliphatic carbocycles. The van der Waals surface area contributed by atoms with Crippen LogP contribution in [0, 0.1) is 0 Å². The van der Waals surface area contributed by atoms with E-state index in [4.69, 9.17) is 9.57 Å². The lowest BCUT2D eigenvalue weighted by atomic mass is 10.2. The number of carbonyl (C=O) groups is 1. The number of carbonyl (C=O) groups excluding carboxylic acids is 1. The van der Waals surface area contributed by atoms with E-state index in [1.54, 1.807) is 6.92 Å². The van der Waals surface area contributed by atoms with Crippen molar-refractivity contribution in [1.29, 1.82) is 0 Å². The van der Waals surface area contributed by atoms with E-state index < -0.39 is 0 Å². The molecule has 0 fully saturated rings. The highest BCUT2D eigenvalue weighted by atomic mass is 16.7. The minimum Gasteiger partial charge on any atom is -0.471 e. The molecule has 1 aromatic carbocycles. The molecule has 0 aliphatic heterocycles. The normalized spacial score (nSPS) is 10.6. The van der Waals surface area contributed by atoms with Crippen LogP contribution in [0.25, 0.3) is 11.2 Å². The van der Waals surface area contributed by atoms with E-state index in [0.29, 0.717) is 23.7 Å². The van der Waals surface area contributed by atoms with Crippen LogP contribution in [0.3, 0.4) is 0 Å². The fourth-order valence-corrected chi connectivity index (χ4v) is 1.87. The van der Waals surface area contributed by atoms with E-state index in [1.165, 1.54) is 17.4 Å². The molecule has 0 saturated heterocycles. The van der Waals surface area contributed by atoms with Crippen molar-refractivity contribution in [2.24, 2.45) is 0 Å². The van der Waals surface area contributed by atoms with Crippen LogP contribution in [0.5, 0.6) is 5.88 Å². The molecule has 2 heterocycles. The smallest absolute Gasteiger partial charge is 0.332 e. The number of benzene rings is 1. The van der Waals surface area contributed by atoms with Gasteiger partial charge in [-0.1, -0.05) is 37.3 Å². The molecule has 0 radical (unpaired) electrons. The largest absolute Gasteiger partial charge is 0.471 e. The summed E-state index contributed by atoms with van der Waals surface area (Å²) in [4.78, 5) is 28.8. The van der Waals surface area contributed by atoms with Crippen molar-refractivity contribution < 1.29 is 14.4 Å². The van der Waals surface area contributed by atoms with Crippen LogP contribution in [0.2, 0.25) is 0 Å². The first kappa shape index (κ1) is 14.0. The Balaban J connectivity index is 1.83. The van der Waals surface area contributed by atoms with E-state index in [2.05, 4.69) is 15.0 Å². The Bertz CT molecular complexity index is 786. The zero-order valence-corrected chi connectivity index (χ0v) is 12.0. The Hall–Kier alpha value is -2.96. The SMILES string of the molecule is CCC(=O)On1cnc2c(OCc3ccccc3)ncnc21. The summed E-state index contributed by atoms with van der Waals surface area (Å²) in [6.07, 6.45) is 2.99. The van der Waals surface area contributed by atoms with Gasteiger partial charge in [0.25, 0.3) is 0 Å². The zero-order chi connectivity index (χ0) is 15.4. The third-order valence-corrected chi connectivity index (χ3v) is 2.98. The first-order valence-electron chi connectivity index (χ1n) is 6.84. The minimum absolute atomic E-state index is 0.266. The van der Waals surface area contributed by atoms with Gasteiger partial charge >= 0.3 is 5.97 Å². The van der Waals surface area contributed by atoms with Crippen LogP contribution in [0.1, 0.15) is 18.9 Å². The topological polar surface area (TPSA) is 79.1 Å². The highest BCUT2D eigenvalue weighted by molar-refractivity contribution is 5.77. The number of rotatable bonds is 5. The monoisotopic (exact) mass is 298 g/mol. The first-order chi connectivity index (χ1) is 10.8. The fraction of sp³-hybridized carbons (Fsp3) is 0.200. The molecule has 0 aliphatic rings. The Labute approximate surface area is 126 Å². The van der Waals surface area contributed by atoms with Crippen molar-refractivity contribution in [3.05, 3.63) is 48.5 Å². The second-order valence-electron chi connectivity index (χ2n) is 4.51. The number of hydrogen-bond donors (Lipinski definition) is 0. The maximum Gasteiger partial charge on any atom is 0.332 e. The fourth-order valence-electron chi connectivity index (χ4n) is 1.87. The number of fused-ring (bicyclic) bond motifs is 1. The Kier molecular flexibility index (Phi) is 3.95. The molecule has 112 valence electrons. The van der Waals surface area contributed by atoms with E-state index >= 15 is 0 Å². The van der Waals surface area contributed by atoms with Crippen molar-refractivity contribution >= 4 is 17.1 Å². The summed E-state index contributed by atoms with van der Waals surface area (Å²) in [5.74, 6) is -0.0233. The van der Waals surface area contributed by atoms with Gasteiger partial charge in [0.05, 0.1) is 0 Å². The van der Waals surface area contributed by atoms with E-state index in [1.807, 2.05) is 30.3 Å². The molecule has 22 heavy (non-hydrogen) atoms. The lowest BCUT2D eigenvalue weighted by Gasteiger charge is -2.06. The van der Waals surface area contributed by atoms with Gasteiger partial charge in [-0.05, 0) is 5.56 Å². The molecular weight excluding hydrogens is 284 g/mol. The van der Waals surface area contributed by atoms with Crippen molar-refractivity contribution in [2.75, 3.05) is 0 Å². The van der Waals surface area contributed by atoms with Crippen LogP contribution in [0.4, 0.5) is 0 Å². The maximum atomic E-state index is 11.4. The molecule has 2 aromatic heterocycles. The molecule has 0 atom stereocenters. The van der Waals surface area contributed by atoms with Gasteiger partial charge < -0.3 is 9.57 Å². The van der Waals surface area contributed by atoms with Gasteiger partial charge in [0.2, 0.25) is 11.5 Å². The highest BCUT2D eigenvalue weighted by Gasteiger charge is 2.13. The van der Waals surface area contributed by atoms with Crippen LogP contribution in [-0.4, -0.2) is 25.7 Å². The molecule has 0 spiro atoms.